The van der Waals surface area contributed by atoms with E-state index >= 15 is 0 Å². The second-order valence-corrected chi connectivity index (χ2v) is 8.79. The van der Waals surface area contributed by atoms with Crippen molar-refractivity contribution < 1.29 is 13.7 Å². The van der Waals surface area contributed by atoms with Crippen molar-refractivity contribution in [2.24, 2.45) is 0 Å². The second-order valence-electron chi connectivity index (χ2n) is 8.79. The average Bonchev–Trinajstić information content (AvgIpc) is 3.33. The SMILES string of the molecule is CC(C)=C1C(=O)Nc2ccc(CCCN3CCN(c4noc5cc(F)ccc45)CC3)cc21. The summed E-state index contributed by atoms with van der Waals surface area (Å²) in [6, 6.07) is 10.9. The van der Waals surface area contributed by atoms with E-state index in [0.717, 1.165) is 79.2 Å². The second kappa shape index (κ2) is 8.39. The molecule has 0 aliphatic carbocycles. The van der Waals surface area contributed by atoms with E-state index in [1.165, 1.54) is 17.7 Å². The van der Waals surface area contributed by atoms with Crippen LogP contribution in [0, 0.1) is 5.82 Å². The monoisotopic (exact) mass is 434 g/mol. The number of halogens is 1. The van der Waals surface area contributed by atoms with Crippen molar-refractivity contribution in [3.63, 3.8) is 0 Å². The summed E-state index contributed by atoms with van der Waals surface area (Å²) < 4.78 is 18.7. The lowest BCUT2D eigenvalue weighted by Crippen LogP contribution is -2.46. The number of hydrogen-bond donors (Lipinski definition) is 1. The number of hydrogen-bond acceptors (Lipinski definition) is 5. The van der Waals surface area contributed by atoms with Crippen molar-refractivity contribution in [3.8, 4) is 0 Å². The molecular formula is C25H27FN4O2. The Bertz CT molecular complexity index is 1200. The highest BCUT2D eigenvalue weighted by Gasteiger charge is 2.25. The van der Waals surface area contributed by atoms with Crippen molar-refractivity contribution >= 4 is 34.0 Å². The van der Waals surface area contributed by atoms with Gasteiger partial charge in [0.05, 0.1) is 5.39 Å². The van der Waals surface area contributed by atoms with Crippen LogP contribution >= 0.6 is 0 Å². The Hall–Kier alpha value is -3.19. The zero-order valence-electron chi connectivity index (χ0n) is 18.4. The molecular weight excluding hydrogens is 407 g/mol. The van der Waals surface area contributed by atoms with Gasteiger partial charge >= 0.3 is 0 Å². The number of allylic oxidation sites excluding steroid dienone is 1. The highest BCUT2D eigenvalue weighted by molar-refractivity contribution is 6.32. The molecule has 6 nitrogen and oxygen atoms in total. The summed E-state index contributed by atoms with van der Waals surface area (Å²) in [7, 11) is 0. The lowest BCUT2D eigenvalue weighted by molar-refractivity contribution is -0.110. The number of aryl methyl sites for hydroxylation is 1. The van der Waals surface area contributed by atoms with Crippen LogP contribution in [-0.2, 0) is 11.2 Å². The summed E-state index contributed by atoms with van der Waals surface area (Å²) in [5, 5.41) is 7.99. The first-order chi connectivity index (χ1) is 15.5. The number of nitrogens with zero attached hydrogens (tertiary/aromatic N) is 3. The number of rotatable bonds is 5. The minimum atomic E-state index is -0.312. The molecule has 1 N–H and O–H groups in total. The molecule has 166 valence electrons. The topological polar surface area (TPSA) is 61.6 Å². The fraction of sp³-hybridized carbons (Fsp3) is 0.360. The molecule has 7 heteroatoms. The van der Waals surface area contributed by atoms with Crippen molar-refractivity contribution in [3.05, 3.63) is 58.9 Å². The molecule has 1 amide bonds. The first-order valence-corrected chi connectivity index (χ1v) is 11.1. The van der Waals surface area contributed by atoms with E-state index in [-0.39, 0.29) is 11.7 Å². The molecule has 32 heavy (non-hydrogen) atoms. The van der Waals surface area contributed by atoms with Crippen LogP contribution < -0.4 is 10.2 Å². The third kappa shape index (κ3) is 3.88. The molecule has 2 aliphatic heterocycles. The number of carbonyl (C=O) groups excluding carboxylic acids is 1. The van der Waals surface area contributed by atoms with E-state index in [1.807, 2.05) is 19.9 Å². The Labute approximate surface area is 186 Å². The van der Waals surface area contributed by atoms with Gasteiger partial charge in [-0.05, 0) is 63.1 Å². The zero-order chi connectivity index (χ0) is 22.2. The minimum Gasteiger partial charge on any atom is -0.354 e. The maximum Gasteiger partial charge on any atom is 0.256 e. The molecule has 0 unspecified atom stereocenters. The van der Waals surface area contributed by atoms with Gasteiger partial charge in [-0.2, -0.15) is 0 Å². The van der Waals surface area contributed by atoms with Gasteiger partial charge in [-0.1, -0.05) is 16.8 Å². The Morgan fingerprint density at radius 1 is 1.12 bits per heavy atom. The number of piperazine rings is 1. The van der Waals surface area contributed by atoms with Crippen LogP contribution in [0.2, 0.25) is 0 Å². The molecule has 3 heterocycles. The predicted molar refractivity (Wildman–Crippen MR) is 124 cm³/mol. The van der Waals surface area contributed by atoms with Crippen molar-refractivity contribution in [1.82, 2.24) is 10.1 Å². The van der Waals surface area contributed by atoms with Crippen LogP contribution in [0.25, 0.3) is 16.5 Å². The quantitative estimate of drug-likeness (QED) is 0.601. The number of aromatic nitrogens is 1. The first-order valence-electron chi connectivity index (χ1n) is 11.1. The van der Waals surface area contributed by atoms with E-state index in [4.69, 9.17) is 4.52 Å². The van der Waals surface area contributed by atoms with E-state index in [2.05, 4.69) is 32.4 Å². The fourth-order valence-electron chi connectivity index (χ4n) is 4.68. The van der Waals surface area contributed by atoms with Gasteiger partial charge in [0.2, 0.25) is 0 Å². The van der Waals surface area contributed by atoms with Crippen molar-refractivity contribution in [1.29, 1.82) is 0 Å². The fourth-order valence-corrected chi connectivity index (χ4v) is 4.68. The van der Waals surface area contributed by atoms with Crippen molar-refractivity contribution in [2.45, 2.75) is 26.7 Å². The number of benzene rings is 2. The smallest absolute Gasteiger partial charge is 0.256 e. The van der Waals surface area contributed by atoms with E-state index < -0.39 is 0 Å². The van der Waals surface area contributed by atoms with Crippen LogP contribution in [0.5, 0.6) is 0 Å². The van der Waals surface area contributed by atoms with Crippen LogP contribution in [0.1, 0.15) is 31.4 Å². The minimum absolute atomic E-state index is 0.0000428. The van der Waals surface area contributed by atoms with E-state index in [1.54, 1.807) is 6.07 Å². The number of nitrogens with one attached hydrogen (secondary N) is 1. The van der Waals surface area contributed by atoms with E-state index in [9.17, 15) is 9.18 Å². The van der Waals surface area contributed by atoms with Gasteiger partial charge in [0.25, 0.3) is 5.91 Å². The summed E-state index contributed by atoms with van der Waals surface area (Å²) in [5.41, 5.74) is 5.54. The molecule has 1 fully saturated rings. The molecule has 0 spiro atoms. The number of carbonyl (C=O) groups is 1. The third-order valence-corrected chi connectivity index (χ3v) is 6.36. The summed E-state index contributed by atoms with van der Waals surface area (Å²) in [6.07, 6.45) is 2.05. The normalized spacial score (nSPS) is 16.5. The van der Waals surface area contributed by atoms with Gasteiger partial charge in [-0.15, -0.1) is 0 Å². The molecule has 3 aromatic rings. The molecule has 2 aliphatic rings. The van der Waals surface area contributed by atoms with Gasteiger partial charge in [0.15, 0.2) is 11.4 Å². The average molecular weight is 435 g/mol. The van der Waals surface area contributed by atoms with Gasteiger partial charge in [0, 0.05) is 49.1 Å². The highest BCUT2D eigenvalue weighted by Crippen LogP contribution is 2.34. The van der Waals surface area contributed by atoms with Gasteiger partial charge < -0.3 is 14.7 Å². The van der Waals surface area contributed by atoms with E-state index in [0.29, 0.717) is 5.58 Å². The standard InChI is InChI=1S/C25H27FN4O2/c1-16(2)23-20-14-17(5-8-21(20)27-25(23)31)4-3-9-29-10-12-30(13-11-29)24-19-7-6-18(26)15-22(19)32-28-24/h5-8,14-15H,3-4,9-13H2,1-2H3,(H,27,31). The predicted octanol–water partition coefficient (Wildman–Crippen LogP) is 4.47. The number of anilines is 2. The summed E-state index contributed by atoms with van der Waals surface area (Å²) in [6.45, 7) is 8.65. The third-order valence-electron chi connectivity index (χ3n) is 6.36. The first kappa shape index (κ1) is 20.7. The van der Waals surface area contributed by atoms with Crippen LogP contribution in [0.4, 0.5) is 15.9 Å². The Balaban J connectivity index is 1.15. The Morgan fingerprint density at radius 3 is 2.72 bits per heavy atom. The Kier molecular flexibility index (Phi) is 5.43. The summed E-state index contributed by atoms with van der Waals surface area (Å²) in [4.78, 5) is 16.9. The molecule has 1 aromatic heterocycles. The molecule has 0 bridgehead atoms. The maximum atomic E-state index is 13.4. The molecule has 2 aromatic carbocycles. The molecule has 5 rings (SSSR count). The van der Waals surface area contributed by atoms with Gasteiger partial charge in [0.1, 0.15) is 5.82 Å². The highest BCUT2D eigenvalue weighted by atomic mass is 19.1. The zero-order valence-corrected chi connectivity index (χ0v) is 18.4. The van der Waals surface area contributed by atoms with Gasteiger partial charge in [-0.25, -0.2) is 4.39 Å². The lowest BCUT2D eigenvalue weighted by atomic mass is 9.99. The molecule has 1 saturated heterocycles. The largest absolute Gasteiger partial charge is 0.354 e. The van der Waals surface area contributed by atoms with Crippen LogP contribution in [-0.4, -0.2) is 48.7 Å². The molecule has 0 atom stereocenters. The van der Waals surface area contributed by atoms with Crippen LogP contribution in [0.15, 0.2) is 46.5 Å². The lowest BCUT2D eigenvalue weighted by Gasteiger charge is -2.34. The number of amides is 1. The molecule has 0 saturated carbocycles. The van der Waals surface area contributed by atoms with Crippen molar-refractivity contribution in [2.75, 3.05) is 42.9 Å². The summed E-state index contributed by atoms with van der Waals surface area (Å²) >= 11 is 0. The number of fused-ring (bicyclic) bond motifs is 2. The maximum absolute atomic E-state index is 13.4. The van der Waals surface area contributed by atoms with Gasteiger partial charge in [-0.3, -0.25) is 9.69 Å². The Morgan fingerprint density at radius 2 is 1.94 bits per heavy atom. The van der Waals surface area contributed by atoms with Crippen LogP contribution in [0.3, 0.4) is 0 Å². The molecule has 0 radical (unpaired) electrons. The summed E-state index contributed by atoms with van der Waals surface area (Å²) in [5.74, 6) is 0.490.